The molecule has 0 aliphatic heterocycles. The zero-order chi connectivity index (χ0) is 16.3. The molecule has 0 spiro atoms. The standard InChI is InChI=1S/C8H10O4.C6H10O3/c9-7(10)5-3-1-2-4-6(5)8(11)12;1-2-6(8)9-5-3-4-7/h1,3,5-6H,2,4H2,(H,9,10)(H,11,12);2,7H,1,3-5H2. The number of hydrogen-bond acceptors (Lipinski definition) is 5. The molecule has 0 saturated heterocycles. The first-order valence-electron chi connectivity index (χ1n) is 6.46. The van der Waals surface area contributed by atoms with Crippen molar-refractivity contribution in [1.82, 2.24) is 0 Å². The first-order valence-corrected chi connectivity index (χ1v) is 6.46. The van der Waals surface area contributed by atoms with Crippen LogP contribution in [-0.2, 0) is 19.1 Å². The Balaban J connectivity index is 0.000000400. The number of carboxylic acids is 2. The molecule has 0 aromatic heterocycles. The number of aliphatic hydroxyl groups is 1. The predicted octanol–water partition coefficient (Wildman–Crippen LogP) is 0.836. The molecule has 2 atom stereocenters. The van der Waals surface area contributed by atoms with Crippen LogP contribution in [0.4, 0.5) is 0 Å². The molecule has 21 heavy (non-hydrogen) atoms. The van der Waals surface area contributed by atoms with Gasteiger partial charge in [-0.05, 0) is 12.8 Å². The molecule has 7 nitrogen and oxygen atoms in total. The molecule has 0 radical (unpaired) electrons. The number of hydrogen-bond donors (Lipinski definition) is 3. The van der Waals surface area contributed by atoms with Gasteiger partial charge in [-0.15, -0.1) is 0 Å². The van der Waals surface area contributed by atoms with Crippen LogP contribution >= 0.6 is 0 Å². The van der Waals surface area contributed by atoms with Gasteiger partial charge in [-0.1, -0.05) is 18.7 Å². The molecule has 0 amide bonds. The fourth-order valence-corrected chi connectivity index (χ4v) is 1.66. The molecule has 0 heterocycles. The Morgan fingerprint density at radius 2 is 1.95 bits per heavy atom. The molecular weight excluding hydrogens is 280 g/mol. The minimum absolute atomic E-state index is 0.0461. The van der Waals surface area contributed by atoms with E-state index in [0.29, 0.717) is 19.3 Å². The first-order chi connectivity index (χ1) is 9.93. The van der Waals surface area contributed by atoms with Gasteiger partial charge >= 0.3 is 17.9 Å². The molecule has 1 rings (SSSR count). The topological polar surface area (TPSA) is 121 Å². The van der Waals surface area contributed by atoms with E-state index >= 15 is 0 Å². The molecule has 1 aliphatic carbocycles. The average molecular weight is 300 g/mol. The van der Waals surface area contributed by atoms with Gasteiger partial charge in [0.25, 0.3) is 0 Å². The van der Waals surface area contributed by atoms with Crippen LogP contribution in [0.5, 0.6) is 0 Å². The van der Waals surface area contributed by atoms with E-state index in [0.717, 1.165) is 6.08 Å². The summed E-state index contributed by atoms with van der Waals surface area (Å²) in [6, 6.07) is 0. The fourth-order valence-electron chi connectivity index (χ4n) is 1.66. The highest BCUT2D eigenvalue weighted by Gasteiger charge is 2.32. The number of ether oxygens (including phenoxy) is 1. The van der Waals surface area contributed by atoms with Crippen LogP contribution in [0.1, 0.15) is 19.3 Å². The highest BCUT2D eigenvalue weighted by atomic mass is 16.5. The van der Waals surface area contributed by atoms with Gasteiger partial charge in [0.15, 0.2) is 0 Å². The number of aliphatic carboxylic acids is 2. The minimum Gasteiger partial charge on any atom is -0.481 e. The van der Waals surface area contributed by atoms with Crippen molar-refractivity contribution in [1.29, 1.82) is 0 Å². The van der Waals surface area contributed by atoms with E-state index in [1.54, 1.807) is 6.08 Å². The second kappa shape index (κ2) is 10.6. The second-order valence-electron chi connectivity index (χ2n) is 4.26. The Labute approximate surface area is 122 Å². The normalized spacial score (nSPS) is 19.9. The molecule has 0 fully saturated rings. The van der Waals surface area contributed by atoms with E-state index in [1.165, 1.54) is 6.08 Å². The Morgan fingerprint density at radius 3 is 2.38 bits per heavy atom. The number of carbonyl (C=O) groups is 3. The Hall–Kier alpha value is -2.15. The summed E-state index contributed by atoms with van der Waals surface area (Å²) in [5.74, 6) is -4.13. The van der Waals surface area contributed by atoms with Crippen LogP contribution in [0, 0.1) is 11.8 Å². The van der Waals surface area contributed by atoms with Crippen molar-refractivity contribution in [3.8, 4) is 0 Å². The lowest BCUT2D eigenvalue weighted by molar-refractivity contribution is -0.152. The van der Waals surface area contributed by atoms with Gasteiger partial charge in [0.05, 0.1) is 18.4 Å². The second-order valence-corrected chi connectivity index (χ2v) is 4.26. The molecule has 1 aliphatic rings. The SMILES string of the molecule is C=CC(=O)OCCCO.O=C(O)C1C=CCCC1C(=O)O. The van der Waals surface area contributed by atoms with Crippen molar-refractivity contribution < 1.29 is 34.4 Å². The Kier molecular flexibility index (Phi) is 9.53. The summed E-state index contributed by atoms with van der Waals surface area (Å²) in [6.45, 7) is 3.51. The van der Waals surface area contributed by atoms with Crippen molar-refractivity contribution in [2.24, 2.45) is 11.8 Å². The van der Waals surface area contributed by atoms with Crippen molar-refractivity contribution in [2.75, 3.05) is 13.2 Å². The quantitative estimate of drug-likeness (QED) is 0.287. The Bertz CT molecular complexity index is 400. The third kappa shape index (κ3) is 7.88. The molecule has 2 unspecified atom stereocenters. The number of aliphatic hydroxyl groups excluding tert-OH is 1. The largest absolute Gasteiger partial charge is 0.481 e. The number of esters is 1. The van der Waals surface area contributed by atoms with E-state index in [2.05, 4.69) is 11.3 Å². The summed E-state index contributed by atoms with van der Waals surface area (Å²) >= 11 is 0. The van der Waals surface area contributed by atoms with E-state index in [4.69, 9.17) is 15.3 Å². The lowest BCUT2D eigenvalue weighted by Crippen LogP contribution is -2.30. The molecule has 0 aromatic rings. The van der Waals surface area contributed by atoms with Crippen LogP contribution < -0.4 is 0 Å². The monoisotopic (exact) mass is 300 g/mol. The summed E-state index contributed by atoms with van der Waals surface area (Å²) in [6.07, 6.45) is 5.84. The highest BCUT2D eigenvalue weighted by Crippen LogP contribution is 2.24. The predicted molar refractivity (Wildman–Crippen MR) is 73.5 cm³/mol. The summed E-state index contributed by atoms with van der Waals surface area (Å²) in [4.78, 5) is 31.4. The highest BCUT2D eigenvalue weighted by molar-refractivity contribution is 5.82. The number of allylic oxidation sites excluding steroid dienone is 1. The van der Waals surface area contributed by atoms with Crippen molar-refractivity contribution in [3.05, 3.63) is 24.8 Å². The van der Waals surface area contributed by atoms with Crippen LogP contribution in [0.3, 0.4) is 0 Å². The van der Waals surface area contributed by atoms with Gasteiger partial charge in [-0.3, -0.25) is 9.59 Å². The molecule has 3 N–H and O–H groups in total. The van der Waals surface area contributed by atoms with Gasteiger partial charge in [0.2, 0.25) is 0 Å². The summed E-state index contributed by atoms with van der Waals surface area (Å²) in [7, 11) is 0. The summed E-state index contributed by atoms with van der Waals surface area (Å²) < 4.78 is 4.51. The lowest BCUT2D eigenvalue weighted by atomic mass is 9.84. The molecular formula is C14H20O7. The van der Waals surface area contributed by atoms with E-state index in [9.17, 15) is 14.4 Å². The van der Waals surface area contributed by atoms with Crippen LogP contribution in [0.25, 0.3) is 0 Å². The molecule has 118 valence electrons. The maximum atomic E-state index is 10.6. The van der Waals surface area contributed by atoms with E-state index in [1.807, 2.05) is 0 Å². The van der Waals surface area contributed by atoms with Crippen molar-refractivity contribution in [3.63, 3.8) is 0 Å². The third-order valence-corrected chi connectivity index (χ3v) is 2.74. The summed E-state index contributed by atoms with van der Waals surface area (Å²) in [5.41, 5.74) is 0. The smallest absolute Gasteiger partial charge is 0.330 e. The molecule has 0 aromatic carbocycles. The van der Waals surface area contributed by atoms with Gasteiger partial charge in [-0.2, -0.15) is 0 Å². The maximum Gasteiger partial charge on any atom is 0.330 e. The zero-order valence-corrected chi connectivity index (χ0v) is 11.6. The molecule has 7 heteroatoms. The lowest BCUT2D eigenvalue weighted by Gasteiger charge is -2.19. The van der Waals surface area contributed by atoms with Crippen molar-refractivity contribution >= 4 is 17.9 Å². The fraction of sp³-hybridized carbons (Fsp3) is 0.500. The minimum atomic E-state index is -1.06. The van der Waals surface area contributed by atoms with Gasteiger partial charge in [-0.25, -0.2) is 4.79 Å². The number of rotatable bonds is 6. The first kappa shape index (κ1) is 18.9. The van der Waals surface area contributed by atoms with Crippen LogP contribution in [0.15, 0.2) is 24.8 Å². The summed E-state index contributed by atoms with van der Waals surface area (Å²) in [5, 5.41) is 25.5. The van der Waals surface area contributed by atoms with E-state index < -0.39 is 29.7 Å². The third-order valence-electron chi connectivity index (χ3n) is 2.74. The van der Waals surface area contributed by atoms with Crippen molar-refractivity contribution in [2.45, 2.75) is 19.3 Å². The van der Waals surface area contributed by atoms with Crippen LogP contribution in [-0.4, -0.2) is 46.4 Å². The number of carboxylic acid groups (broad SMARTS) is 2. The maximum absolute atomic E-state index is 10.6. The van der Waals surface area contributed by atoms with Crippen LogP contribution in [0.2, 0.25) is 0 Å². The number of carbonyl (C=O) groups excluding carboxylic acids is 1. The Morgan fingerprint density at radius 1 is 1.29 bits per heavy atom. The zero-order valence-electron chi connectivity index (χ0n) is 11.6. The average Bonchev–Trinajstić information content (AvgIpc) is 2.47. The van der Waals surface area contributed by atoms with Gasteiger partial charge < -0.3 is 20.1 Å². The van der Waals surface area contributed by atoms with Gasteiger partial charge in [0.1, 0.15) is 0 Å². The van der Waals surface area contributed by atoms with E-state index in [-0.39, 0.29) is 13.2 Å². The molecule has 0 saturated carbocycles. The van der Waals surface area contributed by atoms with Gasteiger partial charge in [0, 0.05) is 19.1 Å². The molecule has 0 bridgehead atoms.